The van der Waals surface area contributed by atoms with Gasteiger partial charge < -0.3 is 9.84 Å². The Bertz CT molecular complexity index is 1280. The molecule has 0 radical (unpaired) electrons. The molecule has 0 amide bonds. The van der Waals surface area contributed by atoms with Gasteiger partial charge in [0.25, 0.3) is 0 Å². The Kier molecular flexibility index (Phi) is 4.26. The van der Waals surface area contributed by atoms with Gasteiger partial charge >= 0.3 is 0 Å². The normalized spacial score (nSPS) is 42.6. The van der Waals surface area contributed by atoms with E-state index in [2.05, 4.69) is 53.2 Å². The zero-order valence-corrected chi connectivity index (χ0v) is 20.7. The van der Waals surface area contributed by atoms with Gasteiger partial charge in [-0.2, -0.15) is 0 Å². The maximum atomic E-state index is 9.88. The molecule has 0 unspecified atom stereocenters. The van der Waals surface area contributed by atoms with Crippen LogP contribution in [0.3, 0.4) is 0 Å². The summed E-state index contributed by atoms with van der Waals surface area (Å²) in [6.45, 7) is 4.25. The van der Waals surface area contributed by atoms with E-state index < -0.39 is 0 Å². The summed E-state index contributed by atoms with van der Waals surface area (Å²) in [5.41, 5.74) is 4.62. The first-order valence-corrected chi connectivity index (χ1v) is 13.9. The van der Waals surface area contributed by atoms with Crippen LogP contribution >= 0.6 is 0 Å². The molecule has 4 heteroatoms. The van der Waals surface area contributed by atoms with Crippen LogP contribution < -0.4 is 0 Å². The third-order valence-corrected chi connectivity index (χ3v) is 11.1. The average Bonchev–Trinajstić information content (AvgIpc) is 3.36. The van der Waals surface area contributed by atoms with Crippen LogP contribution in [0, 0.1) is 11.3 Å². The summed E-state index contributed by atoms with van der Waals surface area (Å²) in [6, 6.07) is 9.75. The molecule has 2 saturated carbocycles. The van der Waals surface area contributed by atoms with Crippen LogP contribution in [0.2, 0.25) is 0 Å². The molecule has 2 bridgehead atoms. The molecule has 3 aliphatic carbocycles. The Morgan fingerprint density at radius 3 is 2.89 bits per heavy atom. The van der Waals surface area contributed by atoms with Crippen molar-refractivity contribution in [2.45, 2.75) is 87.6 Å². The van der Waals surface area contributed by atoms with Crippen molar-refractivity contribution >= 4 is 10.8 Å². The summed E-state index contributed by atoms with van der Waals surface area (Å²) >= 11 is 0. The van der Waals surface area contributed by atoms with Gasteiger partial charge in [0, 0.05) is 36.9 Å². The minimum Gasteiger partial charge on any atom is -0.390 e. The molecule has 1 aromatic heterocycles. The number of rotatable bonds is 2. The number of ether oxygens (including phenoxy) is 1. The van der Waals surface area contributed by atoms with Gasteiger partial charge in [0.1, 0.15) is 0 Å². The molecule has 6 aliphatic rings. The Balaban J connectivity index is 1.14. The number of aromatic nitrogens is 1. The minimum absolute atomic E-state index is 0.0637. The van der Waals surface area contributed by atoms with Crippen molar-refractivity contribution in [3.8, 4) is 0 Å². The number of hydrogen-bond donors (Lipinski definition) is 1. The highest BCUT2D eigenvalue weighted by atomic mass is 16.5. The zero-order chi connectivity index (χ0) is 23.4. The number of aliphatic hydroxyl groups excluding tert-OH is 1. The van der Waals surface area contributed by atoms with Gasteiger partial charge in [-0.3, -0.25) is 9.88 Å². The first kappa shape index (κ1) is 21.1. The number of hydrogen-bond acceptors (Lipinski definition) is 4. The molecule has 6 atom stereocenters. The fourth-order valence-electron chi connectivity index (χ4n) is 9.35. The maximum Gasteiger partial charge on any atom is 0.0974 e. The molecule has 2 aromatic rings. The lowest BCUT2D eigenvalue weighted by Gasteiger charge is -2.55. The number of allylic oxidation sites excluding steroid dienone is 1. The Labute approximate surface area is 208 Å². The van der Waals surface area contributed by atoms with Crippen molar-refractivity contribution in [3.63, 3.8) is 0 Å². The largest absolute Gasteiger partial charge is 0.390 e. The van der Waals surface area contributed by atoms with Crippen molar-refractivity contribution in [1.82, 2.24) is 9.88 Å². The standard InChI is InChI=1S/C31H36N2O2/c1-29-10-8-24-15-23-4-5-25(33-18-26(34)19-33)16-30(23)11-12-31(24,35-30)28(29)7-6-27(29)21-3-2-20-9-13-32-17-22(20)14-21/h2-3,8-9,13-15,17,25-28,34H,4-7,10-12,16,18-19H2,1H3/t25-,27-,28-,29-,30-,31-/m1/s1. The van der Waals surface area contributed by atoms with Crippen LogP contribution in [0.5, 0.6) is 0 Å². The summed E-state index contributed by atoms with van der Waals surface area (Å²) in [5.74, 6) is 1.14. The second-order valence-corrected chi connectivity index (χ2v) is 12.7. The lowest BCUT2D eigenvalue weighted by molar-refractivity contribution is -0.147. The highest BCUT2D eigenvalue weighted by molar-refractivity contribution is 5.82. The van der Waals surface area contributed by atoms with Gasteiger partial charge in [-0.15, -0.1) is 0 Å². The zero-order valence-electron chi connectivity index (χ0n) is 20.7. The number of likely N-dealkylation sites (tertiary alicyclic amines) is 1. The highest BCUT2D eigenvalue weighted by Gasteiger charge is 2.66. The highest BCUT2D eigenvalue weighted by Crippen LogP contribution is 2.69. The Morgan fingerprint density at radius 2 is 2.00 bits per heavy atom. The van der Waals surface area contributed by atoms with E-state index in [4.69, 9.17) is 4.74 Å². The van der Waals surface area contributed by atoms with Crippen molar-refractivity contribution < 1.29 is 9.84 Å². The van der Waals surface area contributed by atoms with Crippen LogP contribution in [-0.2, 0) is 4.74 Å². The number of β-amino-alcohol motifs (C(OH)–C–C–N with tert-alkyl or cyclic N) is 1. The summed E-state index contributed by atoms with van der Waals surface area (Å²) in [4.78, 5) is 6.88. The number of aliphatic hydroxyl groups is 1. The fraction of sp³-hybridized carbons (Fsp3) is 0.581. The van der Waals surface area contributed by atoms with E-state index in [0.29, 0.717) is 17.9 Å². The second-order valence-electron chi connectivity index (χ2n) is 12.7. The molecule has 3 aliphatic heterocycles. The van der Waals surface area contributed by atoms with E-state index in [0.717, 1.165) is 32.4 Å². The Hall–Kier alpha value is -2.01. The van der Waals surface area contributed by atoms with Gasteiger partial charge in [0.05, 0.1) is 17.3 Å². The van der Waals surface area contributed by atoms with Crippen LogP contribution in [-0.4, -0.2) is 51.4 Å². The van der Waals surface area contributed by atoms with E-state index in [1.54, 1.807) is 5.57 Å². The lowest BCUT2D eigenvalue weighted by atomic mass is 9.58. The number of benzene rings is 1. The molecule has 1 aromatic carbocycles. The maximum absolute atomic E-state index is 9.88. The van der Waals surface area contributed by atoms with Crippen molar-refractivity contribution in [2.75, 3.05) is 13.1 Å². The van der Waals surface area contributed by atoms with Crippen LogP contribution in [0.25, 0.3) is 10.8 Å². The number of fused-ring (bicyclic) bond motifs is 2. The summed E-state index contributed by atoms with van der Waals surface area (Å²) in [6.07, 6.45) is 18.4. The van der Waals surface area contributed by atoms with Crippen LogP contribution in [0.1, 0.15) is 69.8 Å². The van der Waals surface area contributed by atoms with Crippen LogP contribution in [0.15, 0.2) is 60.0 Å². The molecule has 1 N–H and O–H groups in total. The smallest absolute Gasteiger partial charge is 0.0974 e. The van der Waals surface area contributed by atoms with Gasteiger partial charge in [0.2, 0.25) is 0 Å². The van der Waals surface area contributed by atoms with Crippen molar-refractivity contribution in [2.24, 2.45) is 11.3 Å². The number of pyridine rings is 1. The van der Waals surface area contributed by atoms with Gasteiger partial charge in [0.15, 0.2) is 0 Å². The average molecular weight is 469 g/mol. The number of nitrogens with zero attached hydrogens (tertiary/aromatic N) is 2. The Morgan fingerprint density at radius 1 is 1.09 bits per heavy atom. The molecule has 2 spiro atoms. The molecule has 35 heavy (non-hydrogen) atoms. The first-order valence-electron chi connectivity index (χ1n) is 13.9. The third kappa shape index (κ3) is 2.77. The fourth-order valence-corrected chi connectivity index (χ4v) is 9.35. The van der Waals surface area contributed by atoms with Crippen molar-refractivity contribution in [1.29, 1.82) is 0 Å². The summed E-state index contributed by atoms with van der Waals surface area (Å²) < 4.78 is 7.45. The van der Waals surface area contributed by atoms with E-state index >= 15 is 0 Å². The van der Waals surface area contributed by atoms with Gasteiger partial charge in [-0.05, 0) is 103 Å². The SMILES string of the molecule is C[C@]12CC=C3C=C4CC[C@@H](N5CC(O)C5)C[C@]45CC[C@]3(O5)[C@@H]1CC[C@@H]2c1ccc2ccncc2c1. The molecular weight excluding hydrogens is 432 g/mol. The van der Waals surface area contributed by atoms with E-state index in [-0.39, 0.29) is 22.7 Å². The second kappa shape index (κ2) is 7.06. The molecule has 2 saturated heterocycles. The van der Waals surface area contributed by atoms with E-state index in [1.165, 1.54) is 54.0 Å². The molecular formula is C31H36N2O2. The summed E-state index contributed by atoms with van der Waals surface area (Å²) in [7, 11) is 0. The minimum atomic E-state index is -0.124. The molecule has 8 rings (SSSR count). The lowest BCUT2D eigenvalue weighted by Crippen LogP contribution is -2.60. The molecule has 182 valence electrons. The van der Waals surface area contributed by atoms with Crippen LogP contribution in [0.4, 0.5) is 0 Å². The first-order chi connectivity index (χ1) is 17.0. The summed E-state index contributed by atoms with van der Waals surface area (Å²) in [5, 5.41) is 12.4. The van der Waals surface area contributed by atoms with Gasteiger partial charge in [-0.25, -0.2) is 0 Å². The topological polar surface area (TPSA) is 45.6 Å². The van der Waals surface area contributed by atoms with Crippen molar-refractivity contribution in [3.05, 3.63) is 65.5 Å². The monoisotopic (exact) mass is 468 g/mol. The van der Waals surface area contributed by atoms with E-state index in [1.807, 2.05) is 12.4 Å². The predicted molar refractivity (Wildman–Crippen MR) is 137 cm³/mol. The van der Waals surface area contributed by atoms with E-state index in [9.17, 15) is 5.11 Å². The molecule has 4 fully saturated rings. The predicted octanol–water partition coefficient (Wildman–Crippen LogP) is 5.52. The molecule has 4 nitrogen and oxygen atoms in total. The quantitative estimate of drug-likeness (QED) is 0.630. The third-order valence-electron chi connectivity index (χ3n) is 11.1. The van der Waals surface area contributed by atoms with Gasteiger partial charge in [-0.1, -0.05) is 31.2 Å². The molecule has 4 heterocycles.